The van der Waals surface area contributed by atoms with Crippen molar-refractivity contribution in [2.24, 2.45) is 0 Å². The summed E-state index contributed by atoms with van der Waals surface area (Å²) in [5.41, 5.74) is 1.14. The molecule has 2 unspecified atom stereocenters. The molecule has 1 N–H and O–H groups in total. The van der Waals surface area contributed by atoms with Gasteiger partial charge in [0.05, 0.1) is 12.2 Å². The van der Waals surface area contributed by atoms with Crippen molar-refractivity contribution in [2.75, 3.05) is 13.1 Å². The van der Waals surface area contributed by atoms with Gasteiger partial charge in [0.2, 0.25) is 0 Å². The van der Waals surface area contributed by atoms with E-state index in [1.807, 2.05) is 18.2 Å². The van der Waals surface area contributed by atoms with Gasteiger partial charge in [-0.15, -0.1) is 0 Å². The van der Waals surface area contributed by atoms with Crippen LogP contribution in [0.2, 0.25) is 5.02 Å². The normalized spacial score (nSPS) is 14.4. The molecular weight excluding hydrogens is 246 g/mol. The maximum Gasteiger partial charge on any atom is 0.0953 e. The van der Waals surface area contributed by atoms with Crippen LogP contribution in [0.4, 0.5) is 0 Å². The van der Waals surface area contributed by atoms with Gasteiger partial charge in [0, 0.05) is 11.6 Å². The summed E-state index contributed by atoms with van der Waals surface area (Å²) in [6, 6.07) is 7.93. The summed E-state index contributed by atoms with van der Waals surface area (Å²) in [4.78, 5) is 0. The highest BCUT2D eigenvalue weighted by molar-refractivity contribution is 6.30. The summed E-state index contributed by atoms with van der Waals surface area (Å²) >= 11 is 6.04. The summed E-state index contributed by atoms with van der Waals surface area (Å²) in [6.07, 6.45) is 2.48. The van der Waals surface area contributed by atoms with Crippen LogP contribution < -0.4 is 5.32 Å². The molecule has 0 aliphatic rings. The Bertz CT molecular complexity index is 343. The van der Waals surface area contributed by atoms with E-state index in [0.29, 0.717) is 0 Å². The van der Waals surface area contributed by atoms with Crippen LogP contribution in [0.5, 0.6) is 0 Å². The van der Waals surface area contributed by atoms with Crippen molar-refractivity contribution in [1.29, 1.82) is 0 Å². The van der Waals surface area contributed by atoms with E-state index in [1.54, 1.807) is 0 Å². The van der Waals surface area contributed by atoms with E-state index in [4.69, 9.17) is 16.3 Å². The minimum absolute atomic E-state index is 0.0743. The van der Waals surface area contributed by atoms with E-state index in [9.17, 15) is 0 Å². The maximum absolute atomic E-state index is 6.07. The minimum Gasteiger partial charge on any atom is -0.369 e. The highest BCUT2D eigenvalue weighted by Crippen LogP contribution is 2.22. The van der Waals surface area contributed by atoms with Gasteiger partial charge in [-0.05, 0) is 44.0 Å². The van der Waals surface area contributed by atoms with Crippen LogP contribution >= 0.6 is 11.6 Å². The first-order valence-corrected chi connectivity index (χ1v) is 7.16. The lowest BCUT2D eigenvalue weighted by Crippen LogP contribution is -2.26. The molecule has 0 aliphatic heterocycles. The molecule has 0 saturated heterocycles. The number of rotatable bonds is 8. The summed E-state index contributed by atoms with van der Waals surface area (Å²) in [5.74, 6) is 0. The third kappa shape index (κ3) is 5.38. The molecular formula is C15H24ClNO. The van der Waals surface area contributed by atoms with Crippen molar-refractivity contribution >= 4 is 11.6 Å². The van der Waals surface area contributed by atoms with Gasteiger partial charge >= 0.3 is 0 Å². The Balaban J connectivity index is 2.69. The average Bonchev–Trinajstić information content (AvgIpc) is 2.37. The molecule has 1 aromatic carbocycles. The molecule has 102 valence electrons. The van der Waals surface area contributed by atoms with Crippen LogP contribution in [-0.2, 0) is 4.74 Å². The van der Waals surface area contributed by atoms with Crippen molar-refractivity contribution in [1.82, 2.24) is 5.32 Å². The Hall–Kier alpha value is -0.570. The molecule has 2 atom stereocenters. The SMILES string of the molecule is CCCNCC(OC(C)CC)c1cccc(Cl)c1. The third-order valence-corrected chi connectivity index (χ3v) is 3.18. The second-order valence-electron chi connectivity index (χ2n) is 4.60. The Morgan fingerprint density at radius 2 is 2.11 bits per heavy atom. The quantitative estimate of drug-likeness (QED) is 0.715. The molecule has 0 amide bonds. The molecule has 2 nitrogen and oxygen atoms in total. The number of hydrogen-bond donors (Lipinski definition) is 1. The first-order chi connectivity index (χ1) is 8.67. The van der Waals surface area contributed by atoms with Crippen molar-refractivity contribution < 1.29 is 4.74 Å². The fourth-order valence-corrected chi connectivity index (χ4v) is 1.94. The predicted octanol–water partition coefficient (Wildman–Crippen LogP) is 4.20. The zero-order valence-corrected chi connectivity index (χ0v) is 12.3. The van der Waals surface area contributed by atoms with Gasteiger partial charge in [0.15, 0.2) is 0 Å². The van der Waals surface area contributed by atoms with Gasteiger partial charge in [-0.3, -0.25) is 0 Å². The molecule has 1 aromatic rings. The third-order valence-electron chi connectivity index (χ3n) is 2.95. The highest BCUT2D eigenvalue weighted by atomic mass is 35.5. The molecule has 0 bridgehead atoms. The van der Waals surface area contributed by atoms with Crippen LogP contribution in [0.15, 0.2) is 24.3 Å². The fraction of sp³-hybridized carbons (Fsp3) is 0.600. The van der Waals surface area contributed by atoms with Crippen LogP contribution in [0, 0.1) is 0 Å². The van der Waals surface area contributed by atoms with Gasteiger partial charge in [-0.25, -0.2) is 0 Å². The molecule has 0 heterocycles. The van der Waals surface area contributed by atoms with Crippen LogP contribution in [-0.4, -0.2) is 19.2 Å². The summed E-state index contributed by atoms with van der Waals surface area (Å²) < 4.78 is 6.07. The Kier molecular flexibility index (Phi) is 7.33. The fourth-order valence-electron chi connectivity index (χ4n) is 1.74. The number of benzene rings is 1. The molecule has 3 heteroatoms. The van der Waals surface area contributed by atoms with E-state index in [0.717, 1.165) is 36.5 Å². The van der Waals surface area contributed by atoms with Gasteiger partial charge in [0.1, 0.15) is 0 Å². The molecule has 0 spiro atoms. The molecule has 18 heavy (non-hydrogen) atoms. The van der Waals surface area contributed by atoms with E-state index < -0.39 is 0 Å². The number of hydrogen-bond acceptors (Lipinski definition) is 2. The van der Waals surface area contributed by atoms with Crippen molar-refractivity contribution in [3.05, 3.63) is 34.9 Å². The largest absolute Gasteiger partial charge is 0.369 e. The standard InChI is InChI=1S/C15H24ClNO/c1-4-9-17-11-15(18-12(3)5-2)13-7-6-8-14(16)10-13/h6-8,10,12,15,17H,4-5,9,11H2,1-3H3. The van der Waals surface area contributed by atoms with Crippen LogP contribution in [0.3, 0.4) is 0 Å². The lowest BCUT2D eigenvalue weighted by Gasteiger charge is -2.23. The van der Waals surface area contributed by atoms with Crippen LogP contribution in [0.25, 0.3) is 0 Å². The highest BCUT2D eigenvalue weighted by Gasteiger charge is 2.14. The number of nitrogens with one attached hydrogen (secondary N) is 1. The zero-order chi connectivity index (χ0) is 13.4. The monoisotopic (exact) mass is 269 g/mol. The lowest BCUT2D eigenvalue weighted by molar-refractivity contribution is -0.00440. The van der Waals surface area contributed by atoms with Gasteiger partial charge < -0.3 is 10.1 Å². The Morgan fingerprint density at radius 1 is 1.33 bits per heavy atom. The molecule has 0 aliphatic carbocycles. The van der Waals surface area contributed by atoms with Gasteiger partial charge in [-0.2, -0.15) is 0 Å². The Morgan fingerprint density at radius 3 is 2.72 bits per heavy atom. The lowest BCUT2D eigenvalue weighted by atomic mass is 10.1. The molecule has 1 rings (SSSR count). The average molecular weight is 270 g/mol. The number of ether oxygens (including phenoxy) is 1. The Labute approximate surface area is 116 Å². The topological polar surface area (TPSA) is 21.3 Å². The smallest absolute Gasteiger partial charge is 0.0953 e. The molecule has 0 saturated carbocycles. The first kappa shape index (κ1) is 15.5. The zero-order valence-electron chi connectivity index (χ0n) is 11.6. The van der Waals surface area contributed by atoms with Gasteiger partial charge in [-0.1, -0.05) is 37.6 Å². The van der Waals surface area contributed by atoms with E-state index in [1.165, 1.54) is 0 Å². The predicted molar refractivity (Wildman–Crippen MR) is 78.2 cm³/mol. The van der Waals surface area contributed by atoms with E-state index in [-0.39, 0.29) is 12.2 Å². The van der Waals surface area contributed by atoms with Crippen molar-refractivity contribution in [3.63, 3.8) is 0 Å². The first-order valence-electron chi connectivity index (χ1n) is 6.79. The van der Waals surface area contributed by atoms with E-state index >= 15 is 0 Å². The summed E-state index contributed by atoms with van der Waals surface area (Å²) in [7, 11) is 0. The van der Waals surface area contributed by atoms with Crippen molar-refractivity contribution in [3.8, 4) is 0 Å². The maximum atomic E-state index is 6.07. The van der Waals surface area contributed by atoms with Gasteiger partial charge in [0.25, 0.3) is 0 Å². The molecule has 0 radical (unpaired) electrons. The molecule has 0 fully saturated rings. The molecule has 0 aromatic heterocycles. The number of halogens is 1. The second kappa shape index (κ2) is 8.52. The van der Waals surface area contributed by atoms with Crippen LogP contribution in [0.1, 0.15) is 45.3 Å². The minimum atomic E-state index is 0.0743. The second-order valence-corrected chi connectivity index (χ2v) is 5.04. The van der Waals surface area contributed by atoms with Crippen molar-refractivity contribution in [2.45, 2.75) is 45.8 Å². The summed E-state index contributed by atoms with van der Waals surface area (Å²) in [6.45, 7) is 8.26. The van der Waals surface area contributed by atoms with E-state index in [2.05, 4.69) is 32.2 Å². The summed E-state index contributed by atoms with van der Waals surface area (Å²) in [5, 5.41) is 4.18.